The van der Waals surface area contributed by atoms with Crippen LogP contribution in [0.4, 0.5) is 0 Å². The Balaban J connectivity index is -0.0000000287. The van der Waals surface area contributed by atoms with E-state index < -0.39 is 11.9 Å². The first-order chi connectivity index (χ1) is 6.64. The van der Waals surface area contributed by atoms with Gasteiger partial charge in [-0.3, -0.25) is 0 Å². The van der Waals surface area contributed by atoms with E-state index in [1.54, 1.807) is 0 Å². The Morgan fingerprint density at radius 3 is 0.714 bits per heavy atom. The van der Waals surface area contributed by atoms with Gasteiger partial charge in [-0.25, -0.2) is 9.59 Å². The maximum atomic E-state index is 9.10. The van der Waals surface area contributed by atoms with Crippen molar-refractivity contribution in [2.45, 2.75) is 0 Å². The van der Waals surface area contributed by atoms with Gasteiger partial charge in [0.05, 0.1) is 0 Å². The average molecular weight is 206 g/mol. The molecule has 0 radical (unpaired) electrons. The largest absolute Gasteiger partial charge is 0.473 e. The third kappa shape index (κ3) is 272. The van der Waals surface area contributed by atoms with Crippen LogP contribution in [0.25, 0.3) is 0 Å². The van der Waals surface area contributed by atoms with Gasteiger partial charge in [0, 0.05) is 0 Å². The second kappa shape index (κ2) is 75.0. The van der Waals surface area contributed by atoms with E-state index in [-0.39, 0.29) is 0 Å². The smallest absolute Gasteiger partial charge is 0.414 e. The number of rotatable bonds is 0. The fraction of sp³-hybridized carbons (Fsp3) is 0. The normalized spacial score (nSPS) is 4.29. The highest BCUT2D eigenvalue weighted by Gasteiger charge is 2.04. The third-order valence-electron chi connectivity index (χ3n) is 0.183. The summed E-state index contributed by atoms with van der Waals surface area (Å²) in [6, 6.07) is 0. The Morgan fingerprint density at radius 1 is 0.643 bits per heavy atom. The molecule has 0 saturated carbocycles. The van der Waals surface area contributed by atoms with Gasteiger partial charge in [0.15, 0.2) is 0 Å². The molecular formula is C6H14N4O4. The standard InChI is InChI=1S/C2H2O4.4CH3N/c3-1(4)2(5)6;4*1-2/h(H,3,4)(H,5,6);4*2H,1H2. The predicted molar refractivity (Wildman–Crippen MR) is 54.6 cm³/mol. The Labute approximate surface area is 81.2 Å². The number of hydrogen-bond donors (Lipinski definition) is 6. The van der Waals surface area contributed by atoms with E-state index in [4.69, 9.17) is 41.4 Å². The summed E-state index contributed by atoms with van der Waals surface area (Å²) in [7, 11) is 0. The molecule has 0 aromatic carbocycles. The molecule has 0 aromatic heterocycles. The topological polar surface area (TPSA) is 170 Å². The summed E-state index contributed by atoms with van der Waals surface area (Å²) in [6.07, 6.45) is 0. The zero-order valence-corrected chi connectivity index (χ0v) is 7.54. The van der Waals surface area contributed by atoms with Gasteiger partial charge >= 0.3 is 11.9 Å². The Hall–Kier alpha value is -2.38. The molecule has 8 nitrogen and oxygen atoms in total. The van der Waals surface area contributed by atoms with Crippen molar-refractivity contribution in [3.8, 4) is 0 Å². The maximum Gasteiger partial charge on any atom is 0.414 e. The van der Waals surface area contributed by atoms with Gasteiger partial charge in [0.25, 0.3) is 0 Å². The maximum absolute atomic E-state index is 9.10. The first kappa shape index (κ1) is 29.9. The van der Waals surface area contributed by atoms with Crippen molar-refractivity contribution >= 4 is 38.8 Å². The minimum absolute atomic E-state index is 1.82. The molecule has 0 unspecified atom stereocenters. The van der Waals surface area contributed by atoms with Crippen molar-refractivity contribution in [3.05, 3.63) is 0 Å². The quantitative estimate of drug-likeness (QED) is 0.246. The Morgan fingerprint density at radius 2 is 0.714 bits per heavy atom. The molecule has 0 bridgehead atoms. The van der Waals surface area contributed by atoms with E-state index in [0.29, 0.717) is 0 Å². The van der Waals surface area contributed by atoms with Gasteiger partial charge < -0.3 is 31.9 Å². The SMILES string of the molecule is C=N.C=N.C=N.C=N.O=C(O)C(=O)O. The van der Waals surface area contributed by atoms with Crippen LogP contribution in [0.15, 0.2) is 0 Å². The van der Waals surface area contributed by atoms with E-state index >= 15 is 0 Å². The summed E-state index contributed by atoms with van der Waals surface area (Å²) in [6.45, 7) is 10.0. The monoisotopic (exact) mass is 206 g/mol. The van der Waals surface area contributed by atoms with Crippen molar-refractivity contribution in [2.24, 2.45) is 0 Å². The van der Waals surface area contributed by atoms with Crippen LogP contribution in [0.3, 0.4) is 0 Å². The number of nitrogens with one attached hydrogen (secondary N) is 4. The van der Waals surface area contributed by atoms with Crippen LogP contribution >= 0.6 is 0 Å². The lowest BCUT2D eigenvalue weighted by Gasteiger charge is -1.72. The van der Waals surface area contributed by atoms with Crippen LogP contribution in [0, 0.1) is 21.6 Å². The molecule has 0 aliphatic rings. The molecule has 8 heteroatoms. The molecule has 6 N–H and O–H groups in total. The van der Waals surface area contributed by atoms with E-state index in [9.17, 15) is 0 Å². The van der Waals surface area contributed by atoms with Gasteiger partial charge in [0.2, 0.25) is 0 Å². The molecule has 0 fully saturated rings. The van der Waals surface area contributed by atoms with Gasteiger partial charge in [0.1, 0.15) is 0 Å². The summed E-state index contributed by atoms with van der Waals surface area (Å²) in [4.78, 5) is 18.2. The fourth-order valence-corrected chi connectivity index (χ4v) is 0. The highest BCUT2D eigenvalue weighted by atomic mass is 16.4. The van der Waals surface area contributed by atoms with E-state index in [1.165, 1.54) is 0 Å². The van der Waals surface area contributed by atoms with Gasteiger partial charge in [-0.05, 0) is 26.9 Å². The molecule has 0 amide bonds. The van der Waals surface area contributed by atoms with E-state index in [0.717, 1.165) is 0 Å². The minimum Gasteiger partial charge on any atom is -0.473 e. The first-order valence-corrected chi connectivity index (χ1v) is 2.52. The predicted octanol–water partition coefficient (Wildman–Crippen LogP) is 0.219. The van der Waals surface area contributed by atoms with Gasteiger partial charge in [-0.2, -0.15) is 0 Å². The van der Waals surface area contributed by atoms with Crippen LogP contribution in [0.1, 0.15) is 0 Å². The zero-order chi connectivity index (χ0) is 13.2. The molecule has 0 aliphatic carbocycles. The second-order valence-corrected chi connectivity index (χ2v) is 0.610. The molecule has 0 aliphatic heterocycles. The molecule has 0 heterocycles. The van der Waals surface area contributed by atoms with E-state index in [2.05, 4.69) is 26.9 Å². The summed E-state index contributed by atoms with van der Waals surface area (Å²) in [5.74, 6) is -3.65. The molecule has 82 valence electrons. The lowest BCUT2D eigenvalue weighted by molar-refractivity contribution is -0.159. The van der Waals surface area contributed by atoms with Crippen molar-refractivity contribution in [1.82, 2.24) is 0 Å². The van der Waals surface area contributed by atoms with Gasteiger partial charge in [-0.15, -0.1) is 0 Å². The third-order valence-corrected chi connectivity index (χ3v) is 0.183. The Bertz CT molecular complexity index is 122. The van der Waals surface area contributed by atoms with Crippen LogP contribution in [-0.4, -0.2) is 49.0 Å². The molecule has 0 aromatic rings. The van der Waals surface area contributed by atoms with Crippen LogP contribution in [0.5, 0.6) is 0 Å². The molecule has 0 atom stereocenters. The second-order valence-electron chi connectivity index (χ2n) is 0.610. The molecule has 0 spiro atoms. The van der Waals surface area contributed by atoms with Crippen molar-refractivity contribution in [1.29, 1.82) is 21.6 Å². The average Bonchev–Trinajstić information content (AvgIpc) is 2.29. The summed E-state index contributed by atoms with van der Waals surface area (Å²) < 4.78 is 0. The summed E-state index contributed by atoms with van der Waals surface area (Å²) in [5, 5.41) is 36.8. The van der Waals surface area contributed by atoms with Crippen molar-refractivity contribution in [3.63, 3.8) is 0 Å². The lowest BCUT2D eigenvalue weighted by atomic mass is 10.7. The first-order valence-electron chi connectivity index (χ1n) is 2.52. The van der Waals surface area contributed by atoms with Crippen LogP contribution in [0.2, 0.25) is 0 Å². The summed E-state index contributed by atoms with van der Waals surface area (Å²) in [5.41, 5.74) is 0. The number of hydrogen-bond acceptors (Lipinski definition) is 6. The number of carboxylic acid groups (broad SMARTS) is 2. The van der Waals surface area contributed by atoms with E-state index in [1.807, 2.05) is 0 Å². The van der Waals surface area contributed by atoms with Crippen LogP contribution in [-0.2, 0) is 9.59 Å². The molecule has 0 rings (SSSR count). The van der Waals surface area contributed by atoms with Crippen LogP contribution < -0.4 is 0 Å². The zero-order valence-electron chi connectivity index (χ0n) is 7.54. The Kier molecular flexibility index (Phi) is 160. The molecule has 14 heavy (non-hydrogen) atoms. The molecule has 0 saturated heterocycles. The minimum atomic E-state index is -1.82. The highest BCUT2D eigenvalue weighted by molar-refractivity contribution is 6.27. The number of carboxylic acids is 2. The number of aliphatic carboxylic acids is 2. The fourth-order valence-electron chi connectivity index (χ4n) is 0. The van der Waals surface area contributed by atoms with Crippen molar-refractivity contribution in [2.75, 3.05) is 0 Å². The number of carbonyl (C=O) groups is 2. The lowest BCUT2D eigenvalue weighted by Crippen LogP contribution is -2.09. The molecular weight excluding hydrogens is 192 g/mol. The van der Waals surface area contributed by atoms with Crippen molar-refractivity contribution < 1.29 is 19.8 Å². The van der Waals surface area contributed by atoms with Gasteiger partial charge in [-0.1, -0.05) is 0 Å². The highest BCUT2D eigenvalue weighted by Crippen LogP contribution is 1.56. The summed E-state index contributed by atoms with van der Waals surface area (Å²) >= 11 is 0.